The van der Waals surface area contributed by atoms with Crippen molar-refractivity contribution in [2.75, 3.05) is 39.8 Å². The average Bonchev–Trinajstić information content (AvgIpc) is 2.88. The largest absolute Gasteiger partial charge is 0.478 e. The molecule has 0 radical (unpaired) electrons. The first-order chi connectivity index (χ1) is 10.4. The molecule has 1 saturated heterocycles. The molecule has 2 aliphatic rings. The summed E-state index contributed by atoms with van der Waals surface area (Å²) in [6.45, 7) is 3.34. The Morgan fingerprint density at radius 1 is 1.27 bits per heavy atom. The van der Waals surface area contributed by atoms with Gasteiger partial charge in [-0.25, -0.2) is 13.2 Å². The van der Waals surface area contributed by atoms with Gasteiger partial charge >= 0.3 is 5.97 Å². The minimum absolute atomic E-state index is 0.00162. The lowest BCUT2D eigenvalue weighted by Gasteiger charge is -2.31. The molecule has 3 heterocycles. The standard InChI is InChI=1S/C13H19N3O4S2/c1-15-4-6-16(7-5-15)22(19,20)13-11(12(17)18)9-2-3-14-8-10(9)21-13/h14H,2-8H2,1H3,(H,17,18). The second-order valence-corrected chi connectivity index (χ2v) is 8.84. The number of nitrogens with zero attached hydrogens (tertiary/aromatic N) is 2. The van der Waals surface area contributed by atoms with Crippen LogP contribution in [0.2, 0.25) is 0 Å². The van der Waals surface area contributed by atoms with E-state index >= 15 is 0 Å². The number of hydrogen-bond donors (Lipinski definition) is 2. The summed E-state index contributed by atoms with van der Waals surface area (Å²) in [5.41, 5.74) is 0.671. The first-order valence-corrected chi connectivity index (χ1v) is 9.44. The summed E-state index contributed by atoms with van der Waals surface area (Å²) in [4.78, 5) is 14.5. The van der Waals surface area contributed by atoms with Crippen molar-refractivity contribution in [1.82, 2.24) is 14.5 Å². The number of piperazine rings is 1. The third kappa shape index (κ3) is 2.67. The number of hydrogen-bond acceptors (Lipinski definition) is 6. The molecule has 0 aliphatic carbocycles. The second kappa shape index (κ2) is 5.89. The highest BCUT2D eigenvalue weighted by Crippen LogP contribution is 2.36. The predicted octanol–water partition coefficient (Wildman–Crippen LogP) is 0.0281. The molecule has 0 atom stereocenters. The summed E-state index contributed by atoms with van der Waals surface area (Å²) in [5.74, 6) is -1.15. The summed E-state index contributed by atoms with van der Waals surface area (Å²) >= 11 is 1.11. The van der Waals surface area contributed by atoms with Crippen LogP contribution in [-0.2, 0) is 23.0 Å². The van der Waals surface area contributed by atoms with Gasteiger partial charge in [-0.15, -0.1) is 11.3 Å². The molecule has 0 aromatic carbocycles. The smallest absolute Gasteiger partial charge is 0.338 e. The normalized spacial score (nSPS) is 20.8. The predicted molar refractivity (Wildman–Crippen MR) is 82.9 cm³/mol. The Kier molecular flexibility index (Phi) is 4.25. The third-order valence-corrected chi connectivity index (χ3v) is 7.77. The summed E-state index contributed by atoms with van der Waals surface area (Å²) < 4.78 is 27.1. The fraction of sp³-hybridized carbons (Fsp3) is 0.615. The highest BCUT2D eigenvalue weighted by atomic mass is 32.2. The zero-order valence-corrected chi connectivity index (χ0v) is 14.0. The van der Waals surface area contributed by atoms with E-state index in [-0.39, 0.29) is 9.77 Å². The number of thiophene rings is 1. The first kappa shape index (κ1) is 15.9. The molecule has 22 heavy (non-hydrogen) atoms. The van der Waals surface area contributed by atoms with Crippen molar-refractivity contribution in [3.8, 4) is 0 Å². The van der Waals surface area contributed by atoms with E-state index in [1.54, 1.807) is 0 Å². The van der Waals surface area contributed by atoms with Gasteiger partial charge in [0, 0.05) is 37.6 Å². The highest BCUT2D eigenvalue weighted by Gasteiger charge is 2.36. The lowest BCUT2D eigenvalue weighted by Crippen LogP contribution is -2.47. The molecular weight excluding hydrogens is 326 g/mol. The maximum Gasteiger partial charge on any atom is 0.338 e. The molecule has 0 spiro atoms. The van der Waals surface area contributed by atoms with Crippen LogP contribution in [0.25, 0.3) is 0 Å². The van der Waals surface area contributed by atoms with E-state index in [0.29, 0.717) is 51.3 Å². The molecule has 122 valence electrons. The minimum atomic E-state index is -3.74. The van der Waals surface area contributed by atoms with Gasteiger partial charge in [-0.05, 0) is 25.6 Å². The van der Waals surface area contributed by atoms with E-state index in [9.17, 15) is 18.3 Å². The Morgan fingerprint density at radius 2 is 1.95 bits per heavy atom. The number of fused-ring (bicyclic) bond motifs is 1. The molecule has 9 heteroatoms. The van der Waals surface area contributed by atoms with Crippen LogP contribution in [0.4, 0.5) is 0 Å². The van der Waals surface area contributed by atoms with Gasteiger partial charge in [-0.1, -0.05) is 0 Å². The molecule has 0 saturated carbocycles. The van der Waals surface area contributed by atoms with Crippen molar-refractivity contribution in [1.29, 1.82) is 0 Å². The molecule has 1 aromatic heterocycles. The summed E-state index contributed by atoms with van der Waals surface area (Å²) in [7, 11) is -1.79. The number of nitrogens with one attached hydrogen (secondary N) is 1. The van der Waals surface area contributed by atoms with Crippen molar-refractivity contribution < 1.29 is 18.3 Å². The molecule has 7 nitrogen and oxygen atoms in total. The lowest BCUT2D eigenvalue weighted by molar-refractivity contribution is 0.0692. The van der Waals surface area contributed by atoms with Crippen molar-refractivity contribution in [3.63, 3.8) is 0 Å². The van der Waals surface area contributed by atoms with E-state index in [2.05, 4.69) is 10.2 Å². The molecule has 2 aliphatic heterocycles. The molecule has 2 N–H and O–H groups in total. The van der Waals surface area contributed by atoms with Gasteiger partial charge < -0.3 is 15.3 Å². The number of likely N-dealkylation sites (N-methyl/N-ethyl adjacent to an activating group) is 1. The Hall–Kier alpha value is -1.00. The molecule has 3 rings (SSSR count). The summed E-state index contributed by atoms with van der Waals surface area (Å²) in [6, 6.07) is 0. The van der Waals surface area contributed by atoms with Crippen LogP contribution in [0.3, 0.4) is 0 Å². The zero-order valence-electron chi connectivity index (χ0n) is 12.3. The SMILES string of the molecule is CN1CCN(S(=O)(=O)c2sc3c(c2C(=O)O)CCNC3)CC1. The Morgan fingerprint density at radius 3 is 2.59 bits per heavy atom. The van der Waals surface area contributed by atoms with E-state index in [4.69, 9.17) is 0 Å². The lowest BCUT2D eigenvalue weighted by atomic mass is 10.1. The Balaban J connectivity index is 2.03. The van der Waals surface area contributed by atoms with E-state index in [1.807, 2.05) is 7.05 Å². The van der Waals surface area contributed by atoms with E-state index < -0.39 is 16.0 Å². The summed E-state index contributed by atoms with van der Waals surface area (Å²) in [6.07, 6.45) is 0.561. The van der Waals surface area contributed by atoms with Gasteiger partial charge in [0.15, 0.2) is 0 Å². The monoisotopic (exact) mass is 345 g/mol. The maximum atomic E-state index is 12.9. The number of rotatable bonds is 3. The first-order valence-electron chi connectivity index (χ1n) is 7.18. The van der Waals surface area contributed by atoms with Crippen molar-refractivity contribution in [3.05, 3.63) is 16.0 Å². The van der Waals surface area contributed by atoms with Gasteiger partial charge in [0.2, 0.25) is 0 Å². The fourth-order valence-electron chi connectivity index (χ4n) is 2.85. The fourth-order valence-corrected chi connectivity index (χ4v) is 6.28. The number of carbonyl (C=O) groups is 1. The van der Waals surface area contributed by atoms with Crippen LogP contribution in [0.15, 0.2) is 4.21 Å². The molecule has 0 bridgehead atoms. The Bertz CT molecular complexity index is 690. The molecule has 1 fully saturated rings. The van der Waals surface area contributed by atoms with Gasteiger partial charge in [0.1, 0.15) is 4.21 Å². The van der Waals surface area contributed by atoms with Crippen LogP contribution >= 0.6 is 11.3 Å². The highest BCUT2D eigenvalue weighted by molar-refractivity contribution is 7.91. The molecule has 1 aromatic rings. The maximum absolute atomic E-state index is 12.9. The molecular formula is C13H19N3O4S2. The van der Waals surface area contributed by atoms with Gasteiger partial charge in [0.05, 0.1) is 5.56 Å². The molecule has 0 amide bonds. The van der Waals surface area contributed by atoms with Gasteiger partial charge in [-0.2, -0.15) is 4.31 Å². The van der Waals surface area contributed by atoms with Crippen LogP contribution in [0, 0.1) is 0 Å². The number of carboxylic acids is 1. The van der Waals surface area contributed by atoms with Crippen LogP contribution in [-0.4, -0.2) is 68.5 Å². The van der Waals surface area contributed by atoms with Crippen LogP contribution in [0.5, 0.6) is 0 Å². The quantitative estimate of drug-likeness (QED) is 0.803. The third-order valence-electron chi connectivity index (χ3n) is 4.15. The number of carboxylic acid groups (broad SMARTS) is 1. The average molecular weight is 345 g/mol. The van der Waals surface area contributed by atoms with Crippen molar-refractivity contribution >= 4 is 27.3 Å². The van der Waals surface area contributed by atoms with Crippen LogP contribution < -0.4 is 5.32 Å². The minimum Gasteiger partial charge on any atom is -0.478 e. The van der Waals surface area contributed by atoms with Gasteiger partial charge in [0.25, 0.3) is 10.0 Å². The molecule has 0 unspecified atom stereocenters. The second-order valence-electron chi connectivity index (χ2n) is 5.61. The Labute approximate surface area is 133 Å². The number of aromatic carboxylic acids is 1. The van der Waals surface area contributed by atoms with Gasteiger partial charge in [-0.3, -0.25) is 0 Å². The zero-order chi connectivity index (χ0) is 15.9. The number of sulfonamides is 1. The van der Waals surface area contributed by atoms with E-state index in [0.717, 1.165) is 16.2 Å². The summed E-state index contributed by atoms with van der Waals surface area (Å²) in [5, 5.41) is 12.7. The van der Waals surface area contributed by atoms with Crippen molar-refractivity contribution in [2.45, 2.75) is 17.2 Å². The van der Waals surface area contributed by atoms with Crippen LogP contribution in [0.1, 0.15) is 20.8 Å². The topological polar surface area (TPSA) is 90.0 Å². The van der Waals surface area contributed by atoms with E-state index in [1.165, 1.54) is 4.31 Å². The van der Waals surface area contributed by atoms with Crippen molar-refractivity contribution in [2.24, 2.45) is 0 Å².